The van der Waals surface area contributed by atoms with Gasteiger partial charge in [0.25, 0.3) is 15.9 Å². The van der Waals surface area contributed by atoms with E-state index in [1.54, 1.807) is 18.2 Å². The van der Waals surface area contributed by atoms with Gasteiger partial charge in [-0.25, -0.2) is 8.42 Å². The van der Waals surface area contributed by atoms with Gasteiger partial charge >= 0.3 is 0 Å². The molecule has 3 rings (SSSR count). The minimum absolute atomic E-state index is 0.0343. The average Bonchev–Trinajstić information content (AvgIpc) is 2.75. The largest absolute Gasteiger partial charge is 0.494 e. The summed E-state index contributed by atoms with van der Waals surface area (Å²) in [6.07, 6.45) is 3.34. The van der Waals surface area contributed by atoms with E-state index < -0.39 is 15.9 Å². The van der Waals surface area contributed by atoms with Crippen molar-refractivity contribution in [1.29, 1.82) is 0 Å². The summed E-state index contributed by atoms with van der Waals surface area (Å²) >= 11 is 6.13. The third-order valence-corrected chi connectivity index (χ3v) is 6.10. The molecule has 0 aliphatic rings. The number of carbonyl (C=O) groups excluding carboxylic acids is 1. The van der Waals surface area contributed by atoms with Crippen molar-refractivity contribution in [1.82, 2.24) is 10.3 Å². The van der Waals surface area contributed by atoms with Gasteiger partial charge in [-0.1, -0.05) is 41.9 Å². The monoisotopic (exact) mass is 445 g/mol. The first-order chi connectivity index (χ1) is 14.4. The van der Waals surface area contributed by atoms with Gasteiger partial charge in [-0.2, -0.15) is 0 Å². The molecule has 0 saturated carbocycles. The van der Waals surface area contributed by atoms with E-state index >= 15 is 0 Å². The second-order valence-electron chi connectivity index (χ2n) is 6.27. The highest BCUT2D eigenvalue weighted by Crippen LogP contribution is 2.26. The van der Waals surface area contributed by atoms with Gasteiger partial charge in [0.1, 0.15) is 16.3 Å². The number of methoxy groups -OCH3 is 1. The van der Waals surface area contributed by atoms with Gasteiger partial charge in [-0.3, -0.25) is 14.5 Å². The van der Waals surface area contributed by atoms with Crippen LogP contribution in [0.4, 0.5) is 5.69 Å². The van der Waals surface area contributed by atoms with Crippen molar-refractivity contribution < 1.29 is 17.9 Å². The first-order valence-corrected chi connectivity index (χ1v) is 10.9. The molecule has 1 aromatic heterocycles. The molecule has 1 heterocycles. The number of ether oxygens (including phenoxy) is 1. The first-order valence-electron chi connectivity index (χ1n) is 9.04. The number of nitrogens with one attached hydrogen (secondary N) is 2. The number of halogens is 1. The Hall–Kier alpha value is -3.10. The lowest BCUT2D eigenvalue weighted by Crippen LogP contribution is -2.28. The Kier molecular flexibility index (Phi) is 6.91. The Bertz CT molecular complexity index is 1150. The van der Waals surface area contributed by atoms with Crippen LogP contribution in [0.1, 0.15) is 15.9 Å². The molecular formula is C21H20ClN3O4S. The van der Waals surface area contributed by atoms with Gasteiger partial charge in [0.2, 0.25) is 0 Å². The number of benzene rings is 2. The minimum Gasteiger partial charge on any atom is -0.494 e. The Morgan fingerprint density at radius 2 is 1.83 bits per heavy atom. The number of amides is 1. The standard InChI is InChI=1S/C21H20ClN3O4S/c1-29-19-11-12-23-14-18(19)25-30(27,28)20-9-5-3-7-16(20)21(26)24-13-10-15-6-2-4-8-17(15)22/h2-9,11-12,14,25H,10,13H2,1H3,(H,24,26). The van der Waals surface area contributed by atoms with Crippen LogP contribution in [-0.4, -0.2) is 33.0 Å². The Morgan fingerprint density at radius 1 is 1.10 bits per heavy atom. The molecule has 0 spiro atoms. The van der Waals surface area contributed by atoms with Crippen LogP contribution in [0.5, 0.6) is 5.75 Å². The van der Waals surface area contributed by atoms with Crippen molar-refractivity contribution in [2.45, 2.75) is 11.3 Å². The third kappa shape index (κ3) is 5.08. The summed E-state index contributed by atoms with van der Waals surface area (Å²) in [5, 5.41) is 3.36. The molecule has 0 atom stereocenters. The van der Waals surface area contributed by atoms with Crippen molar-refractivity contribution in [3.63, 3.8) is 0 Å². The van der Waals surface area contributed by atoms with Crippen LogP contribution in [0.3, 0.4) is 0 Å². The highest BCUT2D eigenvalue weighted by Gasteiger charge is 2.23. The molecule has 1 amide bonds. The maximum absolute atomic E-state index is 12.9. The maximum Gasteiger partial charge on any atom is 0.262 e. The molecule has 0 fully saturated rings. The number of hydrogen-bond donors (Lipinski definition) is 2. The zero-order valence-corrected chi connectivity index (χ0v) is 17.7. The number of aromatic nitrogens is 1. The molecule has 0 unspecified atom stereocenters. The van der Waals surface area contributed by atoms with Crippen LogP contribution in [0.25, 0.3) is 0 Å². The Balaban J connectivity index is 1.77. The van der Waals surface area contributed by atoms with Gasteiger partial charge in [-0.05, 0) is 30.2 Å². The second-order valence-corrected chi connectivity index (χ2v) is 8.33. The summed E-state index contributed by atoms with van der Waals surface area (Å²) in [7, 11) is -2.63. The Morgan fingerprint density at radius 3 is 2.60 bits per heavy atom. The summed E-state index contributed by atoms with van der Waals surface area (Å²) in [5.41, 5.74) is 1.10. The summed E-state index contributed by atoms with van der Waals surface area (Å²) in [6, 6.07) is 14.9. The van der Waals surface area contributed by atoms with E-state index in [4.69, 9.17) is 16.3 Å². The molecule has 3 aromatic rings. The lowest BCUT2D eigenvalue weighted by molar-refractivity contribution is 0.0951. The normalized spacial score (nSPS) is 11.0. The summed E-state index contributed by atoms with van der Waals surface area (Å²) in [4.78, 5) is 16.5. The van der Waals surface area contributed by atoms with Crippen LogP contribution in [0.2, 0.25) is 5.02 Å². The summed E-state index contributed by atoms with van der Waals surface area (Å²) in [6.45, 7) is 0.306. The number of hydrogen-bond acceptors (Lipinski definition) is 5. The fraction of sp³-hybridized carbons (Fsp3) is 0.143. The molecule has 0 saturated heterocycles. The zero-order chi connectivity index (χ0) is 21.6. The summed E-state index contributed by atoms with van der Waals surface area (Å²) in [5.74, 6) is -0.184. The van der Waals surface area contributed by atoms with E-state index in [-0.39, 0.29) is 16.1 Å². The van der Waals surface area contributed by atoms with Crippen molar-refractivity contribution >= 4 is 33.2 Å². The average molecular weight is 446 g/mol. The molecule has 30 heavy (non-hydrogen) atoms. The number of nitrogens with zero attached hydrogens (tertiary/aromatic N) is 1. The van der Waals surface area contributed by atoms with Gasteiger partial charge in [0.15, 0.2) is 0 Å². The van der Waals surface area contributed by atoms with Gasteiger partial charge in [0.05, 0.1) is 18.9 Å². The van der Waals surface area contributed by atoms with E-state index in [1.165, 1.54) is 37.7 Å². The molecule has 0 radical (unpaired) electrons. The molecule has 2 aromatic carbocycles. The third-order valence-electron chi connectivity index (χ3n) is 4.30. The zero-order valence-electron chi connectivity index (χ0n) is 16.1. The second kappa shape index (κ2) is 9.60. The van der Waals surface area contributed by atoms with Crippen LogP contribution >= 0.6 is 11.6 Å². The fourth-order valence-electron chi connectivity index (χ4n) is 2.83. The smallest absolute Gasteiger partial charge is 0.262 e. The molecule has 0 aliphatic heterocycles. The minimum atomic E-state index is -4.06. The van der Waals surface area contributed by atoms with Crippen LogP contribution < -0.4 is 14.8 Å². The predicted molar refractivity (Wildman–Crippen MR) is 116 cm³/mol. The van der Waals surface area contributed by atoms with Gasteiger partial charge < -0.3 is 10.1 Å². The predicted octanol–water partition coefficient (Wildman–Crippen LogP) is 3.52. The number of anilines is 1. The number of pyridine rings is 1. The molecule has 9 heteroatoms. The SMILES string of the molecule is COc1ccncc1NS(=O)(=O)c1ccccc1C(=O)NCCc1ccccc1Cl. The first kappa shape index (κ1) is 21.6. The van der Waals surface area contributed by atoms with E-state index in [9.17, 15) is 13.2 Å². The highest BCUT2D eigenvalue weighted by atomic mass is 35.5. The topological polar surface area (TPSA) is 97.4 Å². The van der Waals surface area contributed by atoms with Crippen LogP contribution in [0, 0.1) is 0 Å². The number of rotatable bonds is 8. The van der Waals surface area contributed by atoms with Crippen molar-refractivity contribution in [2.75, 3.05) is 18.4 Å². The van der Waals surface area contributed by atoms with E-state index in [0.717, 1.165) is 5.56 Å². The fourth-order valence-corrected chi connectivity index (χ4v) is 4.32. The van der Waals surface area contributed by atoms with Crippen molar-refractivity contribution in [3.05, 3.63) is 83.1 Å². The Labute approximate surface area is 180 Å². The summed E-state index contributed by atoms with van der Waals surface area (Å²) < 4.78 is 33.5. The van der Waals surface area contributed by atoms with E-state index in [0.29, 0.717) is 23.7 Å². The van der Waals surface area contributed by atoms with Gasteiger partial charge in [-0.15, -0.1) is 0 Å². The molecule has 0 aliphatic carbocycles. The number of carbonyl (C=O) groups is 1. The maximum atomic E-state index is 12.9. The molecule has 7 nitrogen and oxygen atoms in total. The lowest BCUT2D eigenvalue weighted by Gasteiger charge is -2.14. The van der Waals surface area contributed by atoms with Crippen LogP contribution in [-0.2, 0) is 16.4 Å². The van der Waals surface area contributed by atoms with Crippen molar-refractivity contribution in [2.24, 2.45) is 0 Å². The van der Waals surface area contributed by atoms with Gasteiger partial charge in [0, 0.05) is 23.8 Å². The lowest BCUT2D eigenvalue weighted by atomic mass is 10.1. The quantitative estimate of drug-likeness (QED) is 0.553. The van der Waals surface area contributed by atoms with E-state index in [1.807, 2.05) is 18.2 Å². The van der Waals surface area contributed by atoms with Crippen molar-refractivity contribution in [3.8, 4) is 5.75 Å². The molecule has 0 bridgehead atoms. The highest BCUT2D eigenvalue weighted by molar-refractivity contribution is 7.92. The molecule has 2 N–H and O–H groups in total. The van der Waals surface area contributed by atoms with Crippen LogP contribution in [0.15, 0.2) is 71.9 Å². The number of sulfonamides is 1. The molecular weight excluding hydrogens is 426 g/mol. The van der Waals surface area contributed by atoms with E-state index in [2.05, 4.69) is 15.0 Å². The molecule has 156 valence electrons.